The molecular weight excluding hydrogens is 368 g/mol. The van der Waals surface area contributed by atoms with E-state index < -0.39 is 0 Å². The number of likely N-dealkylation sites (tertiary alicyclic amines) is 1. The van der Waals surface area contributed by atoms with Crippen LogP contribution in [0.5, 0.6) is 0 Å². The summed E-state index contributed by atoms with van der Waals surface area (Å²) in [7, 11) is 0. The molecule has 156 valence electrons. The van der Waals surface area contributed by atoms with Gasteiger partial charge in [0, 0.05) is 52.3 Å². The maximum absolute atomic E-state index is 12.7. The highest BCUT2D eigenvalue weighted by Crippen LogP contribution is 2.23. The Kier molecular flexibility index (Phi) is 6.39. The van der Waals surface area contributed by atoms with E-state index in [9.17, 15) is 4.79 Å². The zero-order valence-corrected chi connectivity index (χ0v) is 17.2. The van der Waals surface area contributed by atoms with Crippen LogP contribution in [-0.2, 0) is 11.3 Å². The first kappa shape index (κ1) is 19.8. The summed E-state index contributed by atoms with van der Waals surface area (Å²) in [6.45, 7) is 7.85. The Labute approximate surface area is 171 Å². The first-order valence-corrected chi connectivity index (χ1v) is 10.6. The van der Waals surface area contributed by atoms with Gasteiger partial charge in [0.05, 0.1) is 6.54 Å². The second-order valence-electron chi connectivity index (χ2n) is 8.05. The number of aromatic nitrogens is 3. The van der Waals surface area contributed by atoms with Crippen molar-refractivity contribution in [2.24, 2.45) is 5.92 Å². The van der Waals surface area contributed by atoms with Crippen molar-refractivity contribution in [2.75, 3.05) is 44.2 Å². The fourth-order valence-electron chi connectivity index (χ4n) is 4.33. The van der Waals surface area contributed by atoms with E-state index in [0.29, 0.717) is 30.7 Å². The van der Waals surface area contributed by atoms with Gasteiger partial charge >= 0.3 is 0 Å². The van der Waals surface area contributed by atoms with Crippen molar-refractivity contribution in [1.82, 2.24) is 25.0 Å². The van der Waals surface area contributed by atoms with Gasteiger partial charge < -0.3 is 14.2 Å². The van der Waals surface area contributed by atoms with Crippen molar-refractivity contribution in [3.05, 3.63) is 36.2 Å². The summed E-state index contributed by atoms with van der Waals surface area (Å²) < 4.78 is 5.51. The molecule has 1 atom stereocenters. The van der Waals surface area contributed by atoms with Crippen LogP contribution in [0.15, 0.2) is 28.8 Å². The van der Waals surface area contributed by atoms with Gasteiger partial charge in [-0.2, -0.15) is 0 Å². The Hall–Kier alpha value is -2.48. The minimum absolute atomic E-state index is 0.287. The van der Waals surface area contributed by atoms with E-state index in [2.05, 4.69) is 25.0 Å². The summed E-state index contributed by atoms with van der Waals surface area (Å²) in [5.74, 6) is 3.15. The lowest BCUT2D eigenvalue weighted by Crippen LogP contribution is -2.49. The van der Waals surface area contributed by atoms with Crippen molar-refractivity contribution in [3.63, 3.8) is 0 Å². The van der Waals surface area contributed by atoms with Gasteiger partial charge in [0.25, 0.3) is 0 Å². The van der Waals surface area contributed by atoms with Crippen LogP contribution in [0.25, 0.3) is 0 Å². The SMILES string of the molecule is Cc1nnc(CN2CCC[C@H](CCC(=O)N3CCN(c4ccccn4)CC3)C2)o1. The predicted octanol–water partition coefficient (Wildman–Crippen LogP) is 2.11. The molecule has 8 nitrogen and oxygen atoms in total. The summed E-state index contributed by atoms with van der Waals surface area (Å²) in [6.07, 6.45) is 5.77. The monoisotopic (exact) mass is 398 g/mol. The molecule has 2 aliphatic rings. The standard InChI is InChI=1S/C21H30N6O2/c1-17-23-24-20(29-17)16-25-10-4-5-18(15-25)7-8-21(28)27-13-11-26(12-14-27)19-6-2-3-9-22-19/h2-3,6,9,18H,4-5,7-8,10-16H2,1H3/t18-/m1/s1. The lowest BCUT2D eigenvalue weighted by Gasteiger charge is -2.36. The predicted molar refractivity (Wildman–Crippen MR) is 109 cm³/mol. The summed E-state index contributed by atoms with van der Waals surface area (Å²) in [5, 5.41) is 8.01. The zero-order chi connectivity index (χ0) is 20.1. The molecule has 4 heterocycles. The van der Waals surface area contributed by atoms with Gasteiger partial charge in [-0.1, -0.05) is 6.07 Å². The number of pyridine rings is 1. The zero-order valence-electron chi connectivity index (χ0n) is 17.2. The molecule has 0 bridgehead atoms. The van der Waals surface area contributed by atoms with Crippen LogP contribution in [0.2, 0.25) is 0 Å². The number of carbonyl (C=O) groups excluding carboxylic acids is 1. The summed E-state index contributed by atoms with van der Waals surface area (Å²) >= 11 is 0. The third-order valence-electron chi connectivity index (χ3n) is 5.90. The number of carbonyl (C=O) groups is 1. The van der Waals surface area contributed by atoms with Crippen molar-refractivity contribution >= 4 is 11.7 Å². The highest BCUT2D eigenvalue weighted by Gasteiger charge is 2.25. The van der Waals surface area contributed by atoms with Crippen LogP contribution < -0.4 is 4.90 Å². The highest BCUT2D eigenvalue weighted by atomic mass is 16.4. The molecule has 4 rings (SSSR count). The number of anilines is 1. The Morgan fingerprint density at radius 3 is 2.76 bits per heavy atom. The van der Waals surface area contributed by atoms with Gasteiger partial charge in [0.2, 0.25) is 17.7 Å². The van der Waals surface area contributed by atoms with Crippen molar-refractivity contribution in [3.8, 4) is 0 Å². The summed E-state index contributed by atoms with van der Waals surface area (Å²) in [5.41, 5.74) is 0. The lowest BCUT2D eigenvalue weighted by atomic mass is 9.93. The molecule has 29 heavy (non-hydrogen) atoms. The van der Waals surface area contributed by atoms with Crippen LogP contribution in [0.1, 0.15) is 37.5 Å². The molecule has 0 aliphatic carbocycles. The lowest BCUT2D eigenvalue weighted by molar-refractivity contribution is -0.131. The number of aryl methyl sites for hydroxylation is 1. The number of hydrogen-bond donors (Lipinski definition) is 0. The smallest absolute Gasteiger partial charge is 0.230 e. The normalized spacial score (nSPS) is 20.8. The Balaban J connectivity index is 1.19. The van der Waals surface area contributed by atoms with Crippen LogP contribution in [0.4, 0.5) is 5.82 Å². The average molecular weight is 399 g/mol. The van der Waals surface area contributed by atoms with E-state index in [4.69, 9.17) is 4.42 Å². The van der Waals surface area contributed by atoms with Gasteiger partial charge in [0.15, 0.2) is 0 Å². The third-order valence-corrected chi connectivity index (χ3v) is 5.90. The van der Waals surface area contributed by atoms with E-state index in [1.807, 2.05) is 36.2 Å². The first-order chi connectivity index (χ1) is 14.2. The molecule has 2 fully saturated rings. The van der Waals surface area contributed by atoms with E-state index in [1.165, 1.54) is 6.42 Å². The van der Waals surface area contributed by atoms with Gasteiger partial charge in [-0.15, -0.1) is 10.2 Å². The fourth-order valence-corrected chi connectivity index (χ4v) is 4.33. The molecule has 0 N–H and O–H groups in total. The molecule has 2 aromatic heterocycles. The van der Waals surface area contributed by atoms with E-state index in [0.717, 1.165) is 57.9 Å². The van der Waals surface area contributed by atoms with Gasteiger partial charge in [-0.3, -0.25) is 9.69 Å². The first-order valence-electron chi connectivity index (χ1n) is 10.6. The van der Waals surface area contributed by atoms with Gasteiger partial charge in [0.1, 0.15) is 5.82 Å². The Bertz CT molecular complexity index is 787. The molecule has 8 heteroatoms. The molecule has 0 unspecified atom stereocenters. The number of piperazine rings is 1. The molecule has 0 radical (unpaired) electrons. The van der Waals surface area contributed by atoms with Crippen LogP contribution in [-0.4, -0.2) is 70.2 Å². The molecule has 2 aliphatic heterocycles. The van der Waals surface area contributed by atoms with Crippen molar-refractivity contribution in [2.45, 2.75) is 39.2 Å². The molecule has 2 saturated heterocycles. The summed E-state index contributed by atoms with van der Waals surface area (Å²) in [4.78, 5) is 23.8. The van der Waals surface area contributed by atoms with E-state index >= 15 is 0 Å². The Morgan fingerprint density at radius 1 is 1.17 bits per heavy atom. The van der Waals surface area contributed by atoms with Crippen LogP contribution in [0.3, 0.4) is 0 Å². The number of nitrogens with zero attached hydrogens (tertiary/aromatic N) is 6. The molecule has 0 aromatic carbocycles. The molecule has 0 spiro atoms. The van der Waals surface area contributed by atoms with Crippen LogP contribution >= 0.6 is 0 Å². The topological polar surface area (TPSA) is 78.6 Å². The third kappa shape index (κ3) is 5.32. The number of hydrogen-bond acceptors (Lipinski definition) is 7. The molecule has 1 amide bonds. The fraction of sp³-hybridized carbons (Fsp3) is 0.619. The number of rotatable bonds is 6. The maximum Gasteiger partial charge on any atom is 0.230 e. The van der Waals surface area contributed by atoms with Gasteiger partial charge in [-0.05, 0) is 43.9 Å². The number of amides is 1. The molecular formula is C21H30N6O2. The second kappa shape index (κ2) is 9.35. The van der Waals surface area contributed by atoms with Gasteiger partial charge in [-0.25, -0.2) is 4.98 Å². The summed E-state index contributed by atoms with van der Waals surface area (Å²) in [6, 6.07) is 5.97. The quantitative estimate of drug-likeness (QED) is 0.737. The minimum Gasteiger partial charge on any atom is -0.424 e. The highest BCUT2D eigenvalue weighted by molar-refractivity contribution is 5.76. The molecule has 2 aromatic rings. The minimum atomic E-state index is 0.287. The molecule has 0 saturated carbocycles. The van der Waals surface area contributed by atoms with Crippen LogP contribution in [0, 0.1) is 12.8 Å². The van der Waals surface area contributed by atoms with Crippen molar-refractivity contribution < 1.29 is 9.21 Å². The second-order valence-corrected chi connectivity index (χ2v) is 8.05. The average Bonchev–Trinajstić information content (AvgIpc) is 3.17. The number of piperidine rings is 1. The van der Waals surface area contributed by atoms with E-state index in [-0.39, 0.29) is 5.91 Å². The van der Waals surface area contributed by atoms with Crippen molar-refractivity contribution in [1.29, 1.82) is 0 Å². The van der Waals surface area contributed by atoms with E-state index in [1.54, 1.807) is 0 Å². The largest absolute Gasteiger partial charge is 0.424 e. The Morgan fingerprint density at radius 2 is 2.03 bits per heavy atom. The maximum atomic E-state index is 12.7.